The van der Waals surface area contributed by atoms with Crippen LogP contribution < -0.4 is 0 Å². The fourth-order valence-corrected chi connectivity index (χ4v) is 4.23. The number of hydrogen-bond donors (Lipinski definition) is 0. The molecule has 4 aromatic rings. The number of pyridine rings is 1. The molecule has 1 fully saturated rings. The van der Waals surface area contributed by atoms with Crippen molar-refractivity contribution in [1.82, 2.24) is 9.88 Å². The van der Waals surface area contributed by atoms with Crippen LogP contribution in [0, 0.1) is 5.82 Å². The number of benzene rings is 3. The van der Waals surface area contributed by atoms with E-state index in [1.807, 2.05) is 60.7 Å². The molecular formula is C27H21FN2O3. The Morgan fingerprint density at radius 1 is 1.00 bits per heavy atom. The van der Waals surface area contributed by atoms with Gasteiger partial charge in [0.25, 0.3) is 0 Å². The van der Waals surface area contributed by atoms with Crippen LogP contribution in [0.1, 0.15) is 11.1 Å². The summed E-state index contributed by atoms with van der Waals surface area (Å²) < 4.78 is 18.9. The van der Waals surface area contributed by atoms with Crippen LogP contribution in [0.25, 0.3) is 22.0 Å². The van der Waals surface area contributed by atoms with Gasteiger partial charge in [0.2, 0.25) is 5.91 Å². The minimum atomic E-state index is -0.595. The van der Waals surface area contributed by atoms with Crippen molar-refractivity contribution < 1.29 is 18.7 Å². The van der Waals surface area contributed by atoms with Crippen molar-refractivity contribution in [2.24, 2.45) is 0 Å². The first-order valence-corrected chi connectivity index (χ1v) is 10.7. The third-order valence-corrected chi connectivity index (χ3v) is 5.87. The molecule has 1 aliphatic heterocycles. The molecule has 1 atom stereocenters. The number of amides is 2. The van der Waals surface area contributed by atoms with E-state index in [-0.39, 0.29) is 30.8 Å². The van der Waals surface area contributed by atoms with E-state index in [0.29, 0.717) is 11.9 Å². The van der Waals surface area contributed by atoms with Crippen molar-refractivity contribution in [3.05, 3.63) is 102 Å². The molecule has 33 heavy (non-hydrogen) atoms. The third-order valence-electron chi connectivity index (χ3n) is 5.87. The normalized spacial score (nSPS) is 15.6. The molecule has 1 unspecified atom stereocenters. The quantitative estimate of drug-likeness (QED) is 0.429. The van der Waals surface area contributed by atoms with E-state index >= 15 is 0 Å². The second kappa shape index (κ2) is 8.82. The lowest BCUT2D eigenvalue weighted by Crippen LogP contribution is -2.41. The van der Waals surface area contributed by atoms with Crippen LogP contribution in [0.15, 0.2) is 85.1 Å². The summed E-state index contributed by atoms with van der Waals surface area (Å²) in [6.45, 7) is 0.198. The number of rotatable bonds is 5. The lowest BCUT2D eigenvalue weighted by Gasteiger charge is -2.20. The van der Waals surface area contributed by atoms with Gasteiger partial charge < -0.3 is 4.74 Å². The summed E-state index contributed by atoms with van der Waals surface area (Å²) in [7, 11) is 0. The predicted octanol–water partition coefficient (Wildman–Crippen LogP) is 5.17. The summed E-state index contributed by atoms with van der Waals surface area (Å²) in [5, 5.41) is 0.727. The average molecular weight is 440 g/mol. The van der Waals surface area contributed by atoms with Crippen LogP contribution in [-0.4, -0.2) is 34.5 Å². The van der Waals surface area contributed by atoms with Gasteiger partial charge in [-0.3, -0.25) is 9.78 Å². The molecule has 2 amide bonds. The van der Waals surface area contributed by atoms with Crippen LogP contribution in [0.2, 0.25) is 0 Å². The second-order valence-electron chi connectivity index (χ2n) is 8.08. The topological polar surface area (TPSA) is 59.5 Å². The Hall–Kier alpha value is -4.06. The highest BCUT2D eigenvalue weighted by Crippen LogP contribution is 2.28. The third kappa shape index (κ3) is 4.32. The Bertz CT molecular complexity index is 1320. The molecule has 5 rings (SSSR count). The van der Waals surface area contributed by atoms with Gasteiger partial charge in [-0.15, -0.1) is 0 Å². The van der Waals surface area contributed by atoms with Crippen molar-refractivity contribution >= 4 is 22.9 Å². The van der Waals surface area contributed by atoms with E-state index in [1.54, 1.807) is 12.3 Å². The maximum Gasteiger partial charge on any atom is 0.416 e. The maximum atomic E-state index is 13.8. The van der Waals surface area contributed by atoms with Crippen molar-refractivity contribution in [2.75, 3.05) is 6.61 Å². The van der Waals surface area contributed by atoms with Gasteiger partial charge in [-0.2, -0.15) is 0 Å². The average Bonchev–Trinajstić information content (AvgIpc) is 3.19. The van der Waals surface area contributed by atoms with Gasteiger partial charge in [0.05, 0.1) is 18.0 Å². The Balaban J connectivity index is 1.33. The summed E-state index contributed by atoms with van der Waals surface area (Å²) in [5.41, 5.74) is 4.30. The van der Waals surface area contributed by atoms with Gasteiger partial charge >= 0.3 is 6.09 Å². The molecule has 1 saturated heterocycles. The van der Waals surface area contributed by atoms with Crippen LogP contribution >= 0.6 is 0 Å². The molecule has 0 saturated carbocycles. The predicted molar refractivity (Wildman–Crippen MR) is 123 cm³/mol. The van der Waals surface area contributed by atoms with E-state index in [0.717, 1.165) is 27.6 Å². The first-order valence-electron chi connectivity index (χ1n) is 10.7. The van der Waals surface area contributed by atoms with Crippen LogP contribution in [-0.2, 0) is 22.4 Å². The number of fused-ring (bicyclic) bond motifs is 1. The first kappa shape index (κ1) is 20.8. The van der Waals surface area contributed by atoms with E-state index in [9.17, 15) is 14.0 Å². The van der Waals surface area contributed by atoms with Gasteiger partial charge in [-0.05, 0) is 52.9 Å². The Morgan fingerprint density at radius 3 is 2.58 bits per heavy atom. The summed E-state index contributed by atoms with van der Waals surface area (Å²) in [4.78, 5) is 30.7. The van der Waals surface area contributed by atoms with Crippen molar-refractivity contribution in [1.29, 1.82) is 0 Å². The Labute approximate surface area is 190 Å². The Kier molecular flexibility index (Phi) is 5.57. The minimum Gasteiger partial charge on any atom is -0.447 e. The maximum absolute atomic E-state index is 13.8. The molecule has 164 valence electrons. The minimum absolute atomic E-state index is 0.0897. The SMILES string of the molecule is O=C(Cc1ccc(-c2ccnc3ccc(F)cc23)cc1)N1C(=O)OCC1Cc1ccccc1. The van der Waals surface area contributed by atoms with Gasteiger partial charge in [0.1, 0.15) is 12.4 Å². The smallest absolute Gasteiger partial charge is 0.416 e. The fraction of sp³-hybridized carbons (Fsp3) is 0.148. The zero-order valence-corrected chi connectivity index (χ0v) is 17.8. The number of cyclic esters (lactones) is 1. The van der Waals surface area contributed by atoms with E-state index in [2.05, 4.69) is 4.98 Å². The van der Waals surface area contributed by atoms with Crippen molar-refractivity contribution in [2.45, 2.75) is 18.9 Å². The van der Waals surface area contributed by atoms with E-state index < -0.39 is 6.09 Å². The Morgan fingerprint density at radius 2 is 1.79 bits per heavy atom. The molecule has 6 heteroatoms. The molecule has 0 aliphatic carbocycles. The number of halogens is 1. The lowest BCUT2D eigenvalue weighted by molar-refractivity contribution is -0.128. The first-order chi connectivity index (χ1) is 16.1. The zero-order valence-electron chi connectivity index (χ0n) is 17.8. The molecule has 2 heterocycles. The molecular weight excluding hydrogens is 419 g/mol. The molecule has 1 aliphatic rings. The molecule has 0 radical (unpaired) electrons. The number of ether oxygens (including phenoxy) is 1. The lowest BCUT2D eigenvalue weighted by atomic mass is 9.99. The highest BCUT2D eigenvalue weighted by molar-refractivity contribution is 5.95. The largest absolute Gasteiger partial charge is 0.447 e. The van der Waals surface area contributed by atoms with Crippen LogP contribution in [0.5, 0.6) is 0 Å². The summed E-state index contributed by atoms with van der Waals surface area (Å²) >= 11 is 0. The number of carbonyl (C=O) groups excluding carboxylic acids is 2. The van der Waals surface area contributed by atoms with Gasteiger partial charge in [0, 0.05) is 11.6 Å². The van der Waals surface area contributed by atoms with Crippen molar-refractivity contribution in [3.8, 4) is 11.1 Å². The van der Waals surface area contributed by atoms with Gasteiger partial charge in [-0.25, -0.2) is 14.1 Å². The molecule has 0 spiro atoms. The summed E-state index contributed by atoms with van der Waals surface area (Å²) in [6.07, 6.45) is 1.75. The monoisotopic (exact) mass is 440 g/mol. The number of carbonyl (C=O) groups is 2. The summed E-state index contributed by atoms with van der Waals surface area (Å²) in [6, 6.07) is 23.3. The standard InChI is InChI=1S/C27H21FN2O3/c28-21-10-11-25-24(16-21)23(12-13-29-25)20-8-6-19(7-9-20)15-26(31)30-22(17-33-27(30)32)14-18-4-2-1-3-5-18/h1-13,16,22H,14-15,17H2. The second-order valence-corrected chi connectivity index (χ2v) is 8.08. The number of hydrogen-bond acceptors (Lipinski definition) is 4. The molecule has 1 aromatic heterocycles. The molecule has 0 bridgehead atoms. The van der Waals surface area contributed by atoms with E-state index in [4.69, 9.17) is 4.74 Å². The number of nitrogens with zero attached hydrogens (tertiary/aromatic N) is 2. The number of imide groups is 1. The van der Waals surface area contributed by atoms with Crippen LogP contribution in [0.4, 0.5) is 9.18 Å². The molecule has 0 N–H and O–H groups in total. The summed E-state index contributed by atoms with van der Waals surface area (Å²) in [5.74, 6) is -0.607. The molecule has 3 aromatic carbocycles. The van der Waals surface area contributed by atoms with E-state index in [1.165, 1.54) is 17.0 Å². The van der Waals surface area contributed by atoms with Gasteiger partial charge in [-0.1, -0.05) is 54.6 Å². The number of aromatic nitrogens is 1. The van der Waals surface area contributed by atoms with Crippen molar-refractivity contribution in [3.63, 3.8) is 0 Å². The van der Waals surface area contributed by atoms with Crippen LogP contribution in [0.3, 0.4) is 0 Å². The zero-order chi connectivity index (χ0) is 22.8. The highest BCUT2D eigenvalue weighted by Gasteiger charge is 2.37. The highest BCUT2D eigenvalue weighted by atomic mass is 19.1. The fourth-order valence-electron chi connectivity index (χ4n) is 4.23. The van der Waals surface area contributed by atoms with Gasteiger partial charge in [0.15, 0.2) is 0 Å². The molecule has 5 nitrogen and oxygen atoms in total.